The van der Waals surface area contributed by atoms with Crippen LogP contribution in [0.5, 0.6) is 0 Å². The maximum absolute atomic E-state index is 12.8. The Morgan fingerprint density at radius 3 is 2.50 bits per heavy atom. The average molecular weight is 475 g/mol. The van der Waals surface area contributed by atoms with Gasteiger partial charge in [0.1, 0.15) is 12.6 Å². The third-order valence-corrected chi connectivity index (χ3v) is 5.22. The van der Waals surface area contributed by atoms with Crippen LogP contribution in [-0.4, -0.2) is 79.0 Å². The highest BCUT2D eigenvalue weighted by Gasteiger charge is 2.44. The zero-order chi connectivity index (χ0) is 24.9. The number of hydrogen-bond acceptors (Lipinski definition) is 8. The van der Waals surface area contributed by atoms with Gasteiger partial charge in [0.15, 0.2) is 0 Å². The number of imide groups is 2. The number of amides is 5. The number of anilines is 1. The molecule has 5 amide bonds. The summed E-state index contributed by atoms with van der Waals surface area (Å²) in [5.41, 5.74) is 0.683. The van der Waals surface area contributed by atoms with Crippen LogP contribution in [0, 0.1) is 0 Å². The second-order valence-corrected chi connectivity index (χ2v) is 9.00. The SMILES string of the molecule is CC(C)(C)OCC(=O)NCCOCCNc1ccc2c(c1)C(=O)N(C1CCC(=O)NC1=O)C2=O. The van der Waals surface area contributed by atoms with Crippen LogP contribution in [-0.2, 0) is 23.9 Å². The fourth-order valence-electron chi connectivity index (χ4n) is 3.55. The third kappa shape index (κ3) is 6.39. The number of rotatable bonds is 10. The normalized spacial score (nSPS) is 18.1. The number of carbonyl (C=O) groups excluding carboxylic acids is 5. The van der Waals surface area contributed by atoms with Crippen LogP contribution in [0.4, 0.5) is 5.69 Å². The summed E-state index contributed by atoms with van der Waals surface area (Å²) in [5, 5.41) is 8.00. The fourth-order valence-corrected chi connectivity index (χ4v) is 3.55. The van der Waals surface area contributed by atoms with Gasteiger partial charge < -0.3 is 20.1 Å². The molecule has 184 valence electrons. The summed E-state index contributed by atoms with van der Waals surface area (Å²) in [5.74, 6) is -2.36. The number of hydrogen-bond donors (Lipinski definition) is 3. The summed E-state index contributed by atoms with van der Waals surface area (Å²) in [6, 6.07) is 3.79. The van der Waals surface area contributed by atoms with E-state index in [9.17, 15) is 24.0 Å². The van der Waals surface area contributed by atoms with Crippen molar-refractivity contribution in [1.29, 1.82) is 0 Å². The lowest BCUT2D eigenvalue weighted by molar-refractivity contribution is -0.136. The Morgan fingerprint density at radius 1 is 1.09 bits per heavy atom. The highest BCUT2D eigenvalue weighted by atomic mass is 16.5. The summed E-state index contributed by atoms with van der Waals surface area (Å²) in [6.07, 6.45) is 0.188. The molecule has 1 saturated heterocycles. The summed E-state index contributed by atoms with van der Waals surface area (Å²) in [7, 11) is 0. The van der Waals surface area contributed by atoms with Gasteiger partial charge in [0, 0.05) is 25.2 Å². The molecule has 0 aliphatic carbocycles. The number of piperidine rings is 1. The van der Waals surface area contributed by atoms with Gasteiger partial charge in [-0.25, -0.2) is 0 Å². The van der Waals surface area contributed by atoms with Crippen LogP contribution in [0.2, 0.25) is 0 Å². The molecule has 0 saturated carbocycles. The van der Waals surface area contributed by atoms with E-state index in [-0.39, 0.29) is 42.1 Å². The molecule has 2 aliphatic heterocycles. The molecular weight excluding hydrogens is 444 g/mol. The predicted octanol–water partition coefficient (Wildman–Crippen LogP) is 0.448. The van der Waals surface area contributed by atoms with E-state index in [1.807, 2.05) is 20.8 Å². The molecule has 1 fully saturated rings. The Labute approximate surface area is 197 Å². The lowest BCUT2D eigenvalue weighted by Gasteiger charge is -2.27. The van der Waals surface area contributed by atoms with Gasteiger partial charge in [0.05, 0.1) is 29.9 Å². The van der Waals surface area contributed by atoms with Crippen molar-refractivity contribution >= 4 is 35.2 Å². The monoisotopic (exact) mass is 474 g/mol. The van der Waals surface area contributed by atoms with E-state index >= 15 is 0 Å². The molecular formula is C23H30N4O7. The van der Waals surface area contributed by atoms with Crippen molar-refractivity contribution < 1.29 is 33.4 Å². The quantitative estimate of drug-likeness (QED) is 0.328. The molecule has 3 N–H and O–H groups in total. The number of ether oxygens (including phenoxy) is 2. The molecule has 1 atom stereocenters. The first-order valence-electron chi connectivity index (χ1n) is 11.1. The molecule has 2 heterocycles. The molecule has 2 aliphatic rings. The molecule has 1 unspecified atom stereocenters. The molecule has 1 aromatic rings. The van der Waals surface area contributed by atoms with Gasteiger partial charge in [0.25, 0.3) is 11.8 Å². The van der Waals surface area contributed by atoms with Gasteiger partial charge in [-0.05, 0) is 45.4 Å². The van der Waals surface area contributed by atoms with Gasteiger partial charge in [-0.1, -0.05) is 0 Å². The molecule has 1 aromatic carbocycles. The van der Waals surface area contributed by atoms with Crippen molar-refractivity contribution in [2.45, 2.75) is 45.3 Å². The smallest absolute Gasteiger partial charge is 0.262 e. The maximum atomic E-state index is 12.8. The number of nitrogens with zero attached hydrogens (tertiary/aromatic N) is 1. The number of nitrogens with one attached hydrogen (secondary N) is 3. The fraction of sp³-hybridized carbons (Fsp3) is 0.522. The molecule has 34 heavy (non-hydrogen) atoms. The van der Waals surface area contributed by atoms with Crippen molar-refractivity contribution in [2.24, 2.45) is 0 Å². The molecule has 0 spiro atoms. The van der Waals surface area contributed by atoms with Crippen LogP contribution in [0.25, 0.3) is 0 Å². The topological polar surface area (TPSA) is 143 Å². The second kappa shape index (κ2) is 10.7. The van der Waals surface area contributed by atoms with Crippen LogP contribution >= 0.6 is 0 Å². The lowest BCUT2D eigenvalue weighted by Crippen LogP contribution is -2.54. The first-order valence-corrected chi connectivity index (χ1v) is 11.1. The Balaban J connectivity index is 1.42. The standard InChI is InChI=1S/C23H30N4O7/c1-23(2,3)34-13-19(29)25-9-11-33-10-8-24-14-4-5-15-16(12-14)22(32)27(21(15)31)17-6-7-18(28)26-20(17)30/h4-5,12,17,24H,6-11,13H2,1-3H3,(H,25,29)(H,26,28,30). The molecule has 11 heteroatoms. The van der Waals surface area contributed by atoms with E-state index < -0.39 is 29.7 Å². The van der Waals surface area contributed by atoms with Crippen molar-refractivity contribution in [1.82, 2.24) is 15.5 Å². The maximum Gasteiger partial charge on any atom is 0.262 e. The van der Waals surface area contributed by atoms with Crippen LogP contribution < -0.4 is 16.0 Å². The van der Waals surface area contributed by atoms with E-state index in [1.54, 1.807) is 18.2 Å². The molecule has 0 bridgehead atoms. The Bertz CT molecular complexity index is 986. The van der Waals surface area contributed by atoms with Crippen molar-refractivity contribution in [3.8, 4) is 0 Å². The van der Waals surface area contributed by atoms with E-state index in [1.165, 1.54) is 0 Å². The highest BCUT2D eigenvalue weighted by molar-refractivity contribution is 6.23. The Kier molecular flexibility index (Phi) is 8.00. The first kappa shape index (κ1) is 25.3. The van der Waals surface area contributed by atoms with Gasteiger partial charge in [0.2, 0.25) is 17.7 Å². The molecule has 0 radical (unpaired) electrons. The lowest BCUT2D eigenvalue weighted by atomic mass is 10.0. The predicted molar refractivity (Wildman–Crippen MR) is 121 cm³/mol. The average Bonchev–Trinajstić information content (AvgIpc) is 3.01. The Morgan fingerprint density at radius 2 is 1.79 bits per heavy atom. The minimum absolute atomic E-state index is 0.00835. The van der Waals surface area contributed by atoms with Crippen LogP contribution in [0.1, 0.15) is 54.3 Å². The minimum Gasteiger partial charge on any atom is -0.383 e. The van der Waals surface area contributed by atoms with Gasteiger partial charge >= 0.3 is 0 Å². The van der Waals surface area contributed by atoms with E-state index in [0.29, 0.717) is 32.0 Å². The van der Waals surface area contributed by atoms with Gasteiger partial charge in [-0.2, -0.15) is 0 Å². The highest BCUT2D eigenvalue weighted by Crippen LogP contribution is 2.29. The number of carbonyl (C=O) groups is 5. The number of benzene rings is 1. The molecule has 3 rings (SSSR count). The summed E-state index contributed by atoms with van der Waals surface area (Å²) < 4.78 is 10.9. The van der Waals surface area contributed by atoms with E-state index in [2.05, 4.69) is 16.0 Å². The largest absolute Gasteiger partial charge is 0.383 e. The second-order valence-electron chi connectivity index (χ2n) is 9.00. The zero-order valence-electron chi connectivity index (χ0n) is 19.6. The summed E-state index contributed by atoms with van der Waals surface area (Å²) >= 11 is 0. The minimum atomic E-state index is -0.990. The first-order chi connectivity index (χ1) is 16.1. The Hall–Kier alpha value is -3.31. The van der Waals surface area contributed by atoms with Crippen LogP contribution in [0.3, 0.4) is 0 Å². The van der Waals surface area contributed by atoms with Crippen LogP contribution in [0.15, 0.2) is 18.2 Å². The summed E-state index contributed by atoms with van der Waals surface area (Å²) in [6.45, 7) is 7.11. The van der Waals surface area contributed by atoms with E-state index in [0.717, 1.165) is 4.90 Å². The summed E-state index contributed by atoms with van der Waals surface area (Å²) in [4.78, 5) is 61.6. The number of fused-ring (bicyclic) bond motifs is 1. The van der Waals surface area contributed by atoms with E-state index in [4.69, 9.17) is 9.47 Å². The molecule has 11 nitrogen and oxygen atoms in total. The van der Waals surface area contributed by atoms with Gasteiger partial charge in [-0.15, -0.1) is 0 Å². The van der Waals surface area contributed by atoms with Crippen molar-refractivity contribution in [3.05, 3.63) is 29.3 Å². The van der Waals surface area contributed by atoms with Crippen molar-refractivity contribution in [3.63, 3.8) is 0 Å². The molecule has 0 aromatic heterocycles. The van der Waals surface area contributed by atoms with Crippen molar-refractivity contribution in [2.75, 3.05) is 38.2 Å². The third-order valence-electron chi connectivity index (χ3n) is 5.22. The zero-order valence-corrected chi connectivity index (χ0v) is 19.6. The van der Waals surface area contributed by atoms with Gasteiger partial charge in [-0.3, -0.25) is 34.2 Å².